The van der Waals surface area contributed by atoms with E-state index in [1.807, 2.05) is 18.2 Å². The van der Waals surface area contributed by atoms with Crippen LogP contribution >= 0.6 is 0 Å². The zero-order valence-electron chi connectivity index (χ0n) is 8.20. The molecule has 0 spiro atoms. The largest absolute Gasteiger partial charge is 0.478 e. The third kappa shape index (κ3) is 4.51. The van der Waals surface area contributed by atoms with Crippen molar-refractivity contribution in [2.45, 2.75) is 26.2 Å². The molecule has 1 aliphatic rings. The van der Waals surface area contributed by atoms with E-state index in [1.165, 1.54) is 6.42 Å². The fraction of sp³-hybridized carbons (Fsp3) is 0.545. The standard InChI is InChI=1S/C11H17NO/c1-2-3-4-5-6-8-11-12-9-7-10-13-11/h4-6,8H,2-3,7,9-10H2,1H3. The smallest absolute Gasteiger partial charge is 0.208 e. The van der Waals surface area contributed by atoms with Crippen LogP contribution in [-0.2, 0) is 4.74 Å². The van der Waals surface area contributed by atoms with Crippen LogP contribution in [0.25, 0.3) is 0 Å². The van der Waals surface area contributed by atoms with E-state index in [-0.39, 0.29) is 0 Å². The van der Waals surface area contributed by atoms with Gasteiger partial charge in [0.2, 0.25) is 5.90 Å². The van der Waals surface area contributed by atoms with Crippen LogP contribution in [0.5, 0.6) is 0 Å². The summed E-state index contributed by atoms with van der Waals surface area (Å²) in [6, 6.07) is 0. The summed E-state index contributed by atoms with van der Waals surface area (Å²) in [5.41, 5.74) is 0. The molecule has 1 heterocycles. The molecule has 0 saturated carbocycles. The third-order valence-corrected chi connectivity index (χ3v) is 1.76. The molecular weight excluding hydrogens is 162 g/mol. The van der Waals surface area contributed by atoms with Crippen LogP contribution in [-0.4, -0.2) is 19.0 Å². The summed E-state index contributed by atoms with van der Waals surface area (Å²) < 4.78 is 5.31. The topological polar surface area (TPSA) is 21.6 Å². The normalized spacial score (nSPS) is 17.8. The van der Waals surface area contributed by atoms with E-state index >= 15 is 0 Å². The van der Waals surface area contributed by atoms with Crippen molar-refractivity contribution in [3.63, 3.8) is 0 Å². The molecule has 13 heavy (non-hydrogen) atoms. The molecule has 0 aromatic rings. The van der Waals surface area contributed by atoms with Crippen molar-refractivity contribution in [2.75, 3.05) is 13.2 Å². The lowest BCUT2D eigenvalue weighted by Gasteiger charge is -2.09. The van der Waals surface area contributed by atoms with Gasteiger partial charge in [0.15, 0.2) is 0 Å². The maximum absolute atomic E-state index is 5.31. The lowest BCUT2D eigenvalue weighted by molar-refractivity contribution is 0.285. The maximum Gasteiger partial charge on any atom is 0.208 e. The highest BCUT2D eigenvalue weighted by Gasteiger charge is 1.99. The predicted octanol–water partition coefficient (Wildman–Crippen LogP) is 2.72. The van der Waals surface area contributed by atoms with Crippen molar-refractivity contribution in [1.82, 2.24) is 0 Å². The van der Waals surface area contributed by atoms with Gasteiger partial charge in [-0.3, -0.25) is 4.99 Å². The number of nitrogens with zero attached hydrogens (tertiary/aromatic N) is 1. The quantitative estimate of drug-likeness (QED) is 0.608. The number of hydrogen-bond donors (Lipinski definition) is 0. The van der Waals surface area contributed by atoms with Gasteiger partial charge >= 0.3 is 0 Å². The van der Waals surface area contributed by atoms with Crippen LogP contribution in [0.15, 0.2) is 29.3 Å². The first-order valence-electron chi connectivity index (χ1n) is 4.94. The summed E-state index contributed by atoms with van der Waals surface area (Å²) in [7, 11) is 0. The molecular formula is C11H17NO. The minimum Gasteiger partial charge on any atom is -0.478 e. The third-order valence-electron chi connectivity index (χ3n) is 1.76. The van der Waals surface area contributed by atoms with Crippen LogP contribution in [0.4, 0.5) is 0 Å². The lowest BCUT2D eigenvalue weighted by atomic mass is 10.3. The van der Waals surface area contributed by atoms with Crippen molar-refractivity contribution in [1.29, 1.82) is 0 Å². The molecule has 72 valence electrons. The van der Waals surface area contributed by atoms with Crippen molar-refractivity contribution in [3.8, 4) is 0 Å². The fourth-order valence-corrected chi connectivity index (χ4v) is 1.06. The molecule has 1 aliphatic heterocycles. The summed E-state index contributed by atoms with van der Waals surface area (Å²) in [5, 5.41) is 0. The Hall–Kier alpha value is -1.05. The molecule has 0 saturated heterocycles. The van der Waals surface area contributed by atoms with E-state index in [0.717, 1.165) is 31.9 Å². The van der Waals surface area contributed by atoms with Crippen molar-refractivity contribution in [2.24, 2.45) is 4.99 Å². The fourth-order valence-electron chi connectivity index (χ4n) is 1.06. The number of hydrogen-bond acceptors (Lipinski definition) is 2. The molecule has 0 aromatic carbocycles. The molecule has 2 heteroatoms. The zero-order valence-corrected chi connectivity index (χ0v) is 8.20. The molecule has 0 radical (unpaired) electrons. The van der Waals surface area contributed by atoms with Crippen LogP contribution in [0.3, 0.4) is 0 Å². The number of rotatable bonds is 4. The van der Waals surface area contributed by atoms with Crippen molar-refractivity contribution in [3.05, 3.63) is 24.3 Å². The van der Waals surface area contributed by atoms with E-state index < -0.39 is 0 Å². The van der Waals surface area contributed by atoms with Gasteiger partial charge in [-0.2, -0.15) is 0 Å². The van der Waals surface area contributed by atoms with Crippen molar-refractivity contribution >= 4 is 5.90 Å². The Morgan fingerprint density at radius 3 is 3.08 bits per heavy atom. The summed E-state index contributed by atoms with van der Waals surface area (Å²) in [4.78, 5) is 4.22. The van der Waals surface area contributed by atoms with E-state index in [1.54, 1.807) is 0 Å². The number of ether oxygens (including phenoxy) is 1. The van der Waals surface area contributed by atoms with Gasteiger partial charge in [-0.25, -0.2) is 0 Å². The monoisotopic (exact) mass is 179 g/mol. The van der Waals surface area contributed by atoms with E-state index in [2.05, 4.69) is 18.0 Å². The molecule has 1 rings (SSSR count). The Morgan fingerprint density at radius 2 is 2.38 bits per heavy atom. The van der Waals surface area contributed by atoms with Crippen LogP contribution in [0.1, 0.15) is 26.2 Å². The van der Waals surface area contributed by atoms with E-state index in [0.29, 0.717) is 0 Å². The van der Waals surface area contributed by atoms with Crippen LogP contribution in [0, 0.1) is 0 Å². The molecule has 0 aromatic heterocycles. The van der Waals surface area contributed by atoms with Crippen LogP contribution < -0.4 is 0 Å². The first kappa shape index (κ1) is 10.0. The average molecular weight is 179 g/mol. The number of aliphatic imine (C=N–C) groups is 1. The number of allylic oxidation sites excluding steroid dienone is 3. The maximum atomic E-state index is 5.31. The van der Waals surface area contributed by atoms with Crippen LogP contribution in [0.2, 0.25) is 0 Å². The lowest BCUT2D eigenvalue weighted by Crippen LogP contribution is -2.10. The van der Waals surface area contributed by atoms with Gasteiger partial charge in [0, 0.05) is 13.0 Å². The van der Waals surface area contributed by atoms with Gasteiger partial charge in [0.25, 0.3) is 0 Å². The Labute approximate surface area is 80.0 Å². The van der Waals surface area contributed by atoms with E-state index in [4.69, 9.17) is 4.74 Å². The second-order valence-electron chi connectivity index (χ2n) is 3.00. The molecule has 0 N–H and O–H groups in total. The summed E-state index contributed by atoms with van der Waals surface area (Å²) in [6.07, 6.45) is 11.5. The summed E-state index contributed by atoms with van der Waals surface area (Å²) in [5.74, 6) is 0.771. The second kappa shape index (κ2) is 6.46. The SMILES string of the molecule is CCCC=CC=CC1=NCCCO1. The van der Waals surface area contributed by atoms with Crippen molar-refractivity contribution < 1.29 is 4.74 Å². The van der Waals surface area contributed by atoms with E-state index in [9.17, 15) is 0 Å². The Morgan fingerprint density at radius 1 is 1.46 bits per heavy atom. The Bertz CT molecular complexity index is 216. The number of unbranched alkanes of at least 4 members (excludes halogenated alkanes) is 1. The summed E-state index contributed by atoms with van der Waals surface area (Å²) in [6.45, 7) is 3.88. The van der Waals surface area contributed by atoms with Gasteiger partial charge in [0.1, 0.15) is 0 Å². The van der Waals surface area contributed by atoms with Gasteiger partial charge in [-0.05, 0) is 12.5 Å². The van der Waals surface area contributed by atoms with Gasteiger partial charge in [-0.1, -0.05) is 31.6 Å². The summed E-state index contributed by atoms with van der Waals surface area (Å²) >= 11 is 0. The van der Waals surface area contributed by atoms with Gasteiger partial charge in [0.05, 0.1) is 6.61 Å². The molecule has 0 atom stereocenters. The molecule has 0 fully saturated rings. The first-order chi connectivity index (χ1) is 6.43. The highest BCUT2D eigenvalue weighted by atomic mass is 16.5. The highest BCUT2D eigenvalue weighted by molar-refractivity contribution is 5.88. The predicted molar refractivity (Wildman–Crippen MR) is 56.1 cm³/mol. The molecule has 2 nitrogen and oxygen atoms in total. The first-order valence-corrected chi connectivity index (χ1v) is 4.94. The Kier molecular flexibility index (Phi) is 4.99. The molecule has 0 unspecified atom stereocenters. The molecule has 0 bridgehead atoms. The second-order valence-corrected chi connectivity index (χ2v) is 3.00. The minimum absolute atomic E-state index is 0.771. The van der Waals surface area contributed by atoms with Gasteiger partial charge < -0.3 is 4.74 Å². The molecule has 0 amide bonds. The highest BCUT2D eigenvalue weighted by Crippen LogP contribution is 1.98. The zero-order chi connectivity index (χ0) is 9.36. The minimum atomic E-state index is 0.771. The molecule has 0 aliphatic carbocycles. The average Bonchev–Trinajstić information content (AvgIpc) is 2.19. The Balaban J connectivity index is 2.26. The van der Waals surface area contributed by atoms with Gasteiger partial charge in [-0.15, -0.1) is 0 Å².